The Bertz CT molecular complexity index is 1610. The summed E-state index contributed by atoms with van der Waals surface area (Å²) < 4.78 is 7.12. The molecule has 0 unspecified atom stereocenters. The number of nitrogens with zero attached hydrogens (tertiary/aromatic N) is 3. The topological polar surface area (TPSA) is 109 Å². The number of phenolic OH excluding ortho intramolecular Hbond substituents is 1. The zero-order valence-electron chi connectivity index (χ0n) is 20.6. The molecule has 1 amide bonds. The Morgan fingerprint density at radius 3 is 2.45 bits per heavy atom. The van der Waals surface area contributed by atoms with Crippen LogP contribution in [0.5, 0.6) is 17.2 Å². The van der Waals surface area contributed by atoms with Crippen LogP contribution >= 0.6 is 15.9 Å². The van der Waals surface area contributed by atoms with Crippen LogP contribution in [0.3, 0.4) is 0 Å². The van der Waals surface area contributed by atoms with E-state index < -0.39 is 0 Å². The van der Waals surface area contributed by atoms with Crippen LogP contribution in [-0.4, -0.2) is 26.0 Å². The number of hydrogen-bond donors (Lipinski definition) is 3. The van der Waals surface area contributed by atoms with Gasteiger partial charge in [-0.2, -0.15) is 0 Å². The van der Waals surface area contributed by atoms with Gasteiger partial charge in [0, 0.05) is 15.9 Å². The van der Waals surface area contributed by atoms with Crippen LogP contribution in [0.25, 0.3) is 11.0 Å². The first-order valence-electron chi connectivity index (χ1n) is 11.9. The van der Waals surface area contributed by atoms with Gasteiger partial charge < -0.3 is 20.5 Å². The number of pyridine rings is 1. The third-order valence-corrected chi connectivity index (χ3v) is 6.31. The highest BCUT2D eigenvalue weighted by molar-refractivity contribution is 9.10. The number of aromatic nitrogens is 3. The normalized spacial score (nSPS) is 10.9. The monoisotopic (exact) mass is 569 g/mol. The molecule has 5 aromatic rings. The van der Waals surface area contributed by atoms with Gasteiger partial charge in [-0.3, -0.25) is 4.79 Å². The van der Waals surface area contributed by atoms with Crippen LogP contribution in [-0.2, 0) is 0 Å². The number of carbonyl (C=O) groups is 1. The van der Waals surface area contributed by atoms with Gasteiger partial charge >= 0.3 is 0 Å². The van der Waals surface area contributed by atoms with Gasteiger partial charge in [0.2, 0.25) is 0 Å². The Balaban J connectivity index is 1.55. The molecule has 3 aromatic carbocycles. The maximum absolute atomic E-state index is 13.4. The number of ether oxygens (including phenoxy) is 1. The summed E-state index contributed by atoms with van der Waals surface area (Å²) in [6, 6.07) is 22.7. The van der Waals surface area contributed by atoms with Crippen molar-refractivity contribution in [1.29, 1.82) is 0 Å². The second-order valence-electron chi connectivity index (χ2n) is 8.85. The molecule has 9 heteroatoms. The van der Waals surface area contributed by atoms with Gasteiger partial charge in [0.05, 0.1) is 16.6 Å². The summed E-state index contributed by atoms with van der Waals surface area (Å²) in [5.41, 5.74) is 2.98. The number of fused-ring (bicyclic) bond motifs is 1. The van der Waals surface area contributed by atoms with Crippen molar-refractivity contribution in [2.45, 2.75) is 19.8 Å². The van der Waals surface area contributed by atoms with Crippen molar-refractivity contribution >= 4 is 50.1 Å². The molecule has 5 rings (SSSR count). The lowest BCUT2D eigenvalue weighted by atomic mass is 10.1. The fourth-order valence-corrected chi connectivity index (χ4v) is 4.06. The molecular weight excluding hydrogens is 546 g/mol. The quantitative estimate of drug-likeness (QED) is 0.187. The Hall–Kier alpha value is -4.50. The van der Waals surface area contributed by atoms with E-state index in [1.54, 1.807) is 42.5 Å². The second kappa shape index (κ2) is 10.9. The molecule has 38 heavy (non-hydrogen) atoms. The minimum atomic E-state index is -0.347. The molecule has 0 spiro atoms. The maximum atomic E-state index is 13.4. The van der Waals surface area contributed by atoms with Gasteiger partial charge in [-0.1, -0.05) is 35.8 Å². The van der Waals surface area contributed by atoms with Crippen molar-refractivity contribution in [3.63, 3.8) is 0 Å². The first kappa shape index (κ1) is 25.2. The zero-order chi connectivity index (χ0) is 26.6. The van der Waals surface area contributed by atoms with E-state index in [1.165, 1.54) is 18.5 Å². The molecule has 2 aromatic heterocycles. The Morgan fingerprint density at radius 1 is 0.947 bits per heavy atom. The minimum absolute atomic E-state index is 0.109. The third-order valence-electron chi connectivity index (χ3n) is 5.78. The number of carbonyl (C=O) groups excluding carboxylic acids is 1. The van der Waals surface area contributed by atoms with E-state index in [0.717, 1.165) is 15.6 Å². The highest BCUT2D eigenvalue weighted by atomic mass is 79.9. The Morgan fingerprint density at radius 2 is 1.71 bits per heavy atom. The molecule has 3 N–H and O–H groups in total. The van der Waals surface area contributed by atoms with E-state index in [4.69, 9.17) is 4.74 Å². The van der Waals surface area contributed by atoms with E-state index in [0.29, 0.717) is 39.9 Å². The van der Waals surface area contributed by atoms with Crippen molar-refractivity contribution < 1.29 is 14.6 Å². The lowest BCUT2D eigenvalue weighted by Gasteiger charge is -2.17. The van der Waals surface area contributed by atoms with Crippen molar-refractivity contribution in [3.05, 3.63) is 101 Å². The van der Waals surface area contributed by atoms with Crippen molar-refractivity contribution in [2.75, 3.05) is 10.6 Å². The average molecular weight is 570 g/mol. The summed E-state index contributed by atoms with van der Waals surface area (Å²) in [5, 5.41) is 16.7. The number of anilines is 3. The number of para-hydroxylation sites is 1. The first-order valence-corrected chi connectivity index (χ1v) is 12.7. The summed E-state index contributed by atoms with van der Waals surface area (Å²) in [5.74, 6) is 1.30. The summed E-state index contributed by atoms with van der Waals surface area (Å²) in [6.45, 7) is 4.15. The Kier molecular flexibility index (Phi) is 7.19. The fraction of sp³-hybridized carbons (Fsp3) is 0.103. The molecule has 0 saturated carbocycles. The molecule has 0 aliphatic heterocycles. The minimum Gasteiger partial charge on any atom is -0.508 e. The summed E-state index contributed by atoms with van der Waals surface area (Å²) in [7, 11) is 0. The highest BCUT2D eigenvalue weighted by Gasteiger charge is 2.19. The number of halogens is 1. The molecule has 8 nitrogen and oxygen atoms in total. The first-order chi connectivity index (χ1) is 18.4. The van der Waals surface area contributed by atoms with Crippen molar-refractivity contribution in [3.8, 4) is 17.2 Å². The van der Waals surface area contributed by atoms with Crippen LogP contribution in [0.4, 0.5) is 17.2 Å². The SMILES string of the molecule is CC(C)c1ccc2c(Nc3cccc(C(=O)Nc4ccc(Br)cc4)c3Oc3ccc(O)cc3)ncnc2n1. The molecule has 0 radical (unpaired) electrons. The van der Waals surface area contributed by atoms with E-state index in [2.05, 4.69) is 55.4 Å². The number of aromatic hydroxyl groups is 1. The predicted molar refractivity (Wildman–Crippen MR) is 151 cm³/mol. The Labute approximate surface area is 227 Å². The fourth-order valence-electron chi connectivity index (χ4n) is 3.79. The molecular formula is C29H24BrN5O3. The molecule has 0 atom stereocenters. The van der Waals surface area contributed by atoms with Gasteiger partial charge in [-0.25, -0.2) is 15.0 Å². The lowest BCUT2D eigenvalue weighted by Crippen LogP contribution is -2.14. The van der Waals surface area contributed by atoms with Gasteiger partial charge in [-0.15, -0.1) is 0 Å². The van der Waals surface area contributed by atoms with Crippen LogP contribution in [0.15, 0.2) is 89.7 Å². The number of benzene rings is 3. The molecule has 0 aliphatic rings. The standard InChI is InChI=1S/C29H24BrN5O3/c1-17(2)24-15-14-23-27(34-24)31-16-32-28(23)35-25-5-3-4-22(26(25)38-21-12-10-20(36)11-13-21)29(37)33-19-8-6-18(30)7-9-19/h3-17,36H,1-2H3,(H,33,37)(H,31,32,34,35). The van der Waals surface area contributed by atoms with E-state index in [1.807, 2.05) is 24.3 Å². The molecule has 2 heterocycles. The van der Waals surface area contributed by atoms with Crippen LogP contribution < -0.4 is 15.4 Å². The number of hydrogen-bond acceptors (Lipinski definition) is 7. The van der Waals surface area contributed by atoms with Gasteiger partial charge in [-0.05, 0) is 78.7 Å². The van der Waals surface area contributed by atoms with E-state index in [9.17, 15) is 9.90 Å². The van der Waals surface area contributed by atoms with Gasteiger partial charge in [0.15, 0.2) is 11.4 Å². The van der Waals surface area contributed by atoms with Crippen LogP contribution in [0, 0.1) is 0 Å². The van der Waals surface area contributed by atoms with Gasteiger partial charge in [0.1, 0.15) is 23.6 Å². The van der Waals surface area contributed by atoms with Crippen molar-refractivity contribution in [1.82, 2.24) is 15.0 Å². The average Bonchev–Trinajstić information content (AvgIpc) is 2.92. The molecule has 0 aliphatic carbocycles. The van der Waals surface area contributed by atoms with Gasteiger partial charge in [0.25, 0.3) is 5.91 Å². The maximum Gasteiger partial charge on any atom is 0.259 e. The van der Waals surface area contributed by atoms with E-state index in [-0.39, 0.29) is 17.6 Å². The molecule has 0 saturated heterocycles. The summed E-state index contributed by atoms with van der Waals surface area (Å²) in [4.78, 5) is 26.8. The number of nitrogens with one attached hydrogen (secondary N) is 2. The van der Waals surface area contributed by atoms with Crippen LogP contribution in [0.2, 0.25) is 0 Å². The zero-order valence-corrected chi connectivity index (χ0v) is 22.2. The molecule has 190 valence electrons. The summed E-state index contributed by atoms with van der Waals surface area (Å²) in [6.07, 6.45) is 1.45. The third kappa shape index (κ3) is 5.57. The number of amides is 1. The second-order valence-corrected chi connectivity index (χ2v) is 9.76. The molecule has 0 fully saturated rings. The smallest absolute Gasteiger partial charge is 0.259 e. The number of phenols is 1. The van der Waals surface area contributed by atoms with Crippen LogP contribution in [0.1, 0.15) is 35.8 Å². The van der Waals surface area contributed by atoms with Crippen molar-refractivity contribution in [2.24, 2.45) is 0 Å². The highest BCUT2D eigenvalue weighted by Crippen LogP contribution is 2.37. The summed E-state index contributed by atoms with van der Waals surface area (Å²) >= 11 is 3.41. The van der Waals surface area contributed by atoms with E-state index >= 15 is 0 Å². The lowest BCUT2D eigenvalue weighted by molar-refractivity contribution is 0.102. The molecule has 0 bridgehead atoms. The largest absolute Gasteiger partial charge is 0.508 e. The number of rotatable bonds is 7. The predicted octanol–water partition coefficient (Wildman–Crippen LogP) is 7.40.